The molecule has 0 saturated carbocycles. The SMILES string of the molecule is COc1ccccc1N(C)S(=O)(=O)c1ccc(C)c(C(=O)Nc2ncn(Cc3ccccc3)n2)c1. The number of benzene rings is 3. The predicted molar refractivity (Wildman–Crippen MR) is 133 cm³/mol. The topological polar surface area (TPSA) is 106 Å². The fourth-order valence-electron chi connectivity index (χ4n) is 3.55. The van der Waals surface area contributed by atoms with Gasteiger partial charge in [-0.05, 0) is 42.3 Å². The van der Waals surface area contributed by atoms with Gasteiger partial charge in [0.1, 0.15) is 12.1 Å². The number of nitrogens with zero attached hydrogens (tertiary/aromatic N) is 4. The highest BCUT2D eigenvalue weighted by Gasteiger charge is 2.25. The predicted octanol–water partition coefficient (Wildman–Crippen LogP) is 3.72. The minimum absolute atomic E-state index is 0.0239. The van der Waals surface area contributed by atoms with Crippen LogP contribution in [0.25, 0.3) is 0 Å². The molecule has 1 N–H and O–H groups in total. The second-order valence-corrected chi connectivity index (χ2v) is 9.80. The molecule has 0 atom stereocenters. The van der Waals surface area contributed by atoms with Gasteiger partial charge in [0, 0.05) is 12.6 Å². The van der Waals surface area contributed by atoms with Gasteiger partial charge in [-0.3, -0.25) is 14.4 Å². The number of carbonyl (C=O) groups is 1. The number of ether oxygens (including phenoxy) is 1. The number of sulfonamides is 1. The van der Waals surface area contributed by atoms with Crippen molar-refractivity contribution < 1.29 is 17.9 Å². The Bertz CT molecular complexity index is 1450. The normalized spacial score (nSPS) is 11.2. The van der Waals surface area contributed by atoms with Crippen LogP contribution in [0.15, 0.2) is 84.0 Å². The average Bonchev–Trinajstić information content (AvgIpc) is 3.30. The Kier molecular flexibility index (Phi) is 6.83. The van der Waals surface area contributed by atoms with Gasteiger partial charge >= 0.3 is 0 Å². The van der Waals surface area contributed by atoms with Gasteiger partial charge in [0.15, 0.2) is 0 Å². The Labute approximate surface area is 204 Å². The number of aromatic nitrogens is 3. The standard InChI is InChI=1S/C25H25N5O4S/c1-18-13-14-20(35(32,33)29(2)22-11-7-8-12-23(22)34-3)15-21(18)24(31)27-25-26-17-30(28-25)16-19-9-5-4-6-10-19/h4-15,17H,16H2,1-3H3,(H,27,28,31). The Morgan fingerprint density at radius 3 is 2.51 bits per heavy atom. The van der Waals surface area contributed by atoms with E-state index in [1.807, 2.05) is 30.3 Å². The van der Waals surface area contributed by atoms with E-state index >= 15 is 0 Å². The third kappa shape index (κ3) is 5.17. The van der Waals surface area contributed by atoms with E-state index in [9.17, 15) is 13.2 Å². The minimum Gasteiger partial charge on any atom is -0.495 e. The number of aryl methyl sites for hydroxylation is 1. The molecule has 0 fully saturated rings. The molecular weight excluding hydrogens is 466 g/mol. The number of carbonyl (C=O) groups excluding carboxylic acids is 1. The minimum atomic E-state index is -3.96. The van der Waals surface area contributed by atoms with Gasteiger partial charge in [-0.25, -0.2) is 18.1 Å². The number of nitrogens with one attached hydrogen (secondary N) is 1. The van der Waals surface area contributed by atoms with E-state index in [-0.39, 0.29) is 16.4 Å². The van der Waals surface area contributed by atoms with Crippen LogP contribution >= 0.6 is 0 Å². The summed E-state index contributed by atoms with van der Waals surface area (Å²) in [6.07, 6.45) is 1.53. The molecule has 0 unspecified atom stereocenters. The summed E-state index contributed by atoms with van der Waals surface area (Å²) >= 11 is 0. The molecule has 35 heavy (non-hydrogen) atoms. The Morgan fingerprint density at radius 2 is 1.77 bits per heavy atom. The van der Waals surface area contributed by atoms with Crippen molar-refractivity contribution in [3.63, 3.8) is 0 Å². The number of para-hydroxylation sites is 2. The van der Waals surface area contributed by atoms with Crippen molar-refractivity contribution in [1.29, 1.82) is 0 Å². The van der Waals surface area contributed by atoms with Gasteiger partial charge in [0.05, 0.1) is 24.2 Å². The van der Waals surface area contributed by atoms with Crippen LogP contribution in [0.3, 0.4) is 0 Å². The molecule has 10 heteroatoms. The second kappa shape index (κ2) is 9.98. The van der Waals surface area contributed by atoms with E-state index in [1.54, 1.807) is 41.9 Å². The Morgan fingerprint density at radius 1 is 1.06 bits per heavy atom. The third-order valence-electron chi connectivity index (χ3n) is 5.49. The highest BCUT2D eigenvalue weighted by atomic mass is 32.2. The van der Waals surface area contributed by atoms with Gasteiger partial charge in [-0.2, -0.15) is 0 Å². The maximum absolute atomic E-state index is 13.3. The first-order valence-corrected chi connectivity index (χ1v) is 12.2. The van der Waals surface area contributed by atoms with Gasteiger partial charge in [0.2, 0.25) is 5.95 Å². The van der Waals surface area contributed by atoms with Gasteiger partial charge in [0.25, 0.3) is 15.9 Å². The first-order chi connectivity index (χ1) is 16.8. The van der Waals surface area contributed by atoms with E-state index in [4.69, 9.17) is 4.74 Å². The van der Waals surface area contributed by atoms with E-state index < -0.39 is 15.9 Å². The summed E-state index contributed by atoms with van der Waals surface area (Å²) in [6.45, 7) is 2.24. The van der Waals surface area contributed by atoms with Crippen LogP contribution in [0, 0.1) is 6.92 Å². The van der Waals surface area contributed by atoms with Crippen molar-refractivity contribution in [2.24, 2.45) is 0 Å². The summed E-state index contributed by atoms with van der Waals surface area (Å²) in [5.41, 5.74) is 2.25. The van der Waals surface area contributed by atoms with E-state index in [0.717, 1.165) is 9.87 Å². The highest BCUT2D eigenvalue weighted by molar-refractivity contribution is 7.92. The summed E-state index contributed by atoms with van der Waals surface area (Å²) in [5, 5.41) is 6.94. The maximum Gasteiger partial charge on any atom is 0.264 e. The molecule has 3 aromatic carbocycles. The monoisotopic (exact) mass is 491 g/mol. The molecule has 0 bridgehead atoms. The van der Waals surface area contributed by atoms with Crippen LogP contribution in [0.2, 0.25) is 0 Å². The lowest BCUT2D eigenvalue weighted by atomic mass is 10.1. The third-order valence-corrected chi connectivity index (χ3v) is 7.25. The number of anilines is 2. The first kappa shape index (κ1) is 24.0. The lowest BCUT2D eigenvalue weighted by Gasteiger charge is -2.22. The molecule has 1 aromatic heterocycles. The number of amides is 1. The van der Waals surface area contributed by atoms with Crippen LogP contribution in [-0.4, -0.2) is 43.2 Å². The molecule has 0 spiro atoms. The van der Waals surface area contributed by atoms with Crippen molar-refractivity contribution in [3.8, 4) is 5.75 Å². The van der Waals surface area contributed by atoms with Crippen LogP contribution in [0.5, 0.6) is 5.75 Å². The lowest BCUT2D eigenvalue weighted by Crippen LogP contribution is -2.27. The lowest BCUT2D eigenvalue weighted by molar-refractivity contribution is 0.102. The molecule has 1 heterocycles. The van der Waals surface area contributed by atoms with Crippen molar-refractivity contribution >= 4 is 27.6 Å². The summed E-state index contributed by atoms with van der Waals surface area (Å²) < 4.78 is 34.7. The zero-order chi connectivity index (χ0) is 25.0. The molecular formula is C25H25N5O4S. The Balaban J connectivity index is 1.56. The molecule has 9 nitrogen and oxygen atoms in total. The summed E-state index contributed by atoms with van der Waals surface area (Å²) in [5.74, 6) is 0.0440. The fraction of sp³-hybridized carbons (Fsp3) is 0.160. The Hall–Kier alpha value is -4.18. The number of hydrogen-bond acceptors (Lipinski definition) is 6. The van der Waals surface area contributed by atoms with Gasteiger partial charge in [-0.1, -0.05) is 48.5 Å². The molecule has 0 aliphatic carbocycles. The van der Waals surface area contributed by atoms with Crippen molar-refractivity contribution in [3.05, 3.63) is 95.8 Å². The van der Waals surface area contributed by atoms with E-state index in [2.05, 4.69) is 15.4 Å². The zero-order valence-electron chi connectivity index (χ0n) is 19.5. The maximum atomic E-state index is 13.3. The molecule has 0 radical (unpaired) electrons. The zero-order valence-corrected chi connectivity index (χ0v) is 20.4. The second-order valence-electron chi connectivity index (χ2n) is 7.83. The largest absolute Gasteiger partial charge is 0.495 e. The van der Waals surface area contributed by atoms with Crippen LogP contribution < -0.4 is 14.4 Å². The smallest absolute Gasteiger partial charge is 0.264 e. The highest BCUT2D eigenvalue weighted by Crippen LogP contribution is 2.31. The molecule has 1 amide bonds. The van der Waals surface area contributed by atoms with Crippen molar-refractivity contribution in [2.45, 2.75) is 18.4 Å². The van der Waals surface area contributed by atoms with Gasteiger partial charge in [-0.15, -0.1) is 5.10 Å². The molecule has 0 aliphatic rings. The van der Waals surface area contributed by atoms with E-state index in [1.165, 1.54) is 32.6 Å². The van der Waals surface area contributed by atoms with E-state index in [0.29, 0.717) is 23.5 Å². The van der Waals surface area contributed by atoms with Gasteiger partial charge < -0.3 is 4.74 Å². The fourth-order valence-corrected chi connectivity index (χ4v) is 4.78. The molecule has 180 valence electrons. The number of rotatable bonds is 8. The summed E-state index contributed by atoms with van der Waals surface area (Å²) in [4.78, 5) is 17.1. The molecule has 4 aromatic rings. The van der Waals surface area contributed by atoms with Crippen LogP contribution in [0.1, 0.15) is 21.5 Å². The molecule has 4 rings (SSSR count). The summed E-state index contributed by atoms with van der Waals surface area (Å²) in [6, 6.07) is 21.0. The quantitative estimate of drug-likeness (QED) is 0.403. The van der Waals surface area contributed by atoms with Crippen molar-refractivity contribution in [1.82, 2.24) is 14.8 Å². The molecule has 0 saturated heterocycles. The van der Waals surface area contributed by atoms with Crippen LogP contribution in [-0.2, 0) is 16.6 Å². The first-order valence-electron chi connectivity index (χ1n) is 10.8. The van der Waals surface area contributed by atoms with Crippen molar-refractivity contribution in [2.75, 3.05) is 23.8 Å². The molecule has 0 aliphatic heterocycles. The number of methoxy groups -OCH3 is 1. The average molecular weight is 492 g/mol. The number of hydrogen-bond donors (Lipinski definition) is 1. The van der Waals surface area contributed by atoms with Crippen LogP contribution in [0.4, 0.5) is 11.6 Å². The summed E-state index contributed by atoms with van der Waals surface area (Å²) in [7, 11) is -1.05.